The standard InChI is InChI=1S/C11H16N2O/c1-5-6-12-11(14)10-7-8(2)13(4)9(10)3/h5,7H,1,6H2,2-4H3,(H,12,14). The van der Waals surface area contributed by atoms with E-state index in [1.165, 1.54) is 0 Å². The van der Waals surface area contributed by atoms with E-state index in [2.05, 4.69) is 11.9 Å². The maximum absolute atomic E-state index is 11.6. The smallest absolute Gasteiger partial charge is 0.253 e. The quantitative estimate of drug-likeness (QED) is 0.724. The lowest BCUT2D eigenvalue weighted by molar-refractivity contribution is 0.0957. The molecule has 0 atom stereocenters. The number of hydrogen-bond donors (Lipinski definition) is 1. The van der Waals surface area contributed by atoms with Gasteiger partial charge < -0.3 is 9.88 Å². The molecule has 0 saturated heterocycles. The normalized spacial score (nSPS) is 9.93. The van der Waals surface area contributed by atoms with Crippen LogP contribution in [0, 0.1) is 13.8 Å². The van der Waals surface area contributed by atoms with Crippen LogP contribution in [0.3, 0.4) is 0 Å². The van der Waals surface area contributed by atoms with E-state index in [1.54, 1.807) is 6.08 Å². The van der Waals surface area contributed by atoms with Crippen LogP contribution < -0.4 is 5.32 Å². The molecule has 3 nitrogen and oxygen atoms in total. The molecule has 0 radical (unpaired) electrons. The van der Waals surface area contributed by atoms with Crippen LogP contribution in [-0.2, 0) is 7.05 Å². The second kappa shape index (κ2) is 4.13. The van der Waals surface area contributed by atoms with E-state index in [0.29, 0.717) is 6.54 Å². The molecule has 0 aliphatic heterocycles. The molecule has 0 aromatic carbocycles. The van der Waals surface area contributed by atoms with Gasteiger partial charge in [0.15, 0.2) is 0 Å². The Morgan fingerprint density at radius 3 is 2.71 bits per heavy atom. The fourth-order valence-electron chi connectivity index (χ4n) is 1.35. The van der Waals surface area contributed by atoms with E-state index in [0.717, 1.165) is 17.0 Å². The van der Waals surface area contributed by atoms with Gasteiger partial charge >= 0.3 is 0 Å². The molecule has 3 heteroatoms. The van der Waals surface area contributed by atoms with Crippen molar-refractivity contribution in [2.75, 3.05) is 6.54 Å². The van der Waals surface area contributed by atoms with E-state index in [-0.39, 0.29) is 5.91 Å². The number of aryl methyl sites for hydroxylation is 1. The van der Waals surface area contributed by atoms with Crippen LogP contribution in [0.15, 0.2) is 18.7 Å². The third kappa shape index (κ3) is 1.87. The predicted molar refractivity (Wildman–Crippen MR) is 57.4 cm³/mol. The van der Waals surface area contributed by atoms with Crippen LogP contribution in [0.5, 0.6) is 0 Å². The highest BCUT2D eigenvalue weighted by atomic mass is 16.1. The van der Waals surface area contributed by atoms with Gasteiger partial charge in [0.2, 0.25) is 0 Å². The number of nitrogens with zero attached hydrogens (tertiary/aromatic N) is 1. The zero-order valence-corrected chi connectivity index (χ0v) is 8.92. The van der Waals surface area contributed by atoms with Gasteiger partial charge in [-0.25, -0.2) is 0 Å². The van der Waals surface area contributed by atoms with Crippen LogP contribution in [0.1, 0.15) is 21.7 Å². The second-order valence-corrected chi connectivity index (χ2v) is 3.34. The van der Waals surface area contributed by atoms with Gasteiger partial charge in [-0.15, -0.1) is 6.58 Å². The Bertz CT molecular complexity index is 364. The summed E-state index contributed by atoms with van der Waals surface area (Å²) in [6, 6.07) is 1.90. The number of aromatic nitrogens is 1. The summed E-state index contributed by atoms with van der Waals surface area (Å²) in [6.07, 6.45) is 1.67. The lowest BCUT2D eigenvalue weighted by atomic mass is 10.2. The molecule has 76 valence electrons. The lowest BCUT2D eigenvalue weighted by Crippen LogP contribution is -2.23. The molecular formula is C11H16N2O. The number of amides is 1. The van der Waals surface area contributed by atoms with Crippen molar-refractivity contribution in [3.8, 4) is 0 Å². The summed E-state index contributed by atoms with van der Waals surface area (Å²) in [7, 11) is 1.95. The second-order valence-electron chi connectivity index (χ2n) is 3.34. The molecular weight excluding hydrogens is 176 g/mol. The summed E-state index contributed by atoms with van der Waals surface area (Å²) in [5.74, 6) is -0.0360. The number of nitrogens with one attached hydrogen (secondary N) is 1. The Morgan fingerprint density at radius 2 is 2.29 bits per heavy atom. The molecule has 1 heterocycles. The van der Waals surface area contributed by atoms with Gasteiger partial charge in [-0.05, 0) is 19.9 Å². The predicted octanol–water partition coefficient (Wildman–Crippen LogP) is 1.56. The molecule has 1 amide bonds. The first-order chi connectivity index (χ1) is 6.57. The van der Waals surface area contributed by atoms with Crippen molar-refractivity contribution in [3.05, 3.63) is 35.7 Å². The van der Waals surface area contributed by atoms with Crippen LogP contribution in [-0.4, -0.2) is 17.0 Å². The van der Waals surface area contributed by atoms with Gasteiger partial charge in [-0.2, -0.15) is 0 Å². The van der Waals surface area contributed by atoms with Crippen molar-refractivity contribution in [3.63, 3.8) is 0 Å². The fraction of sp³-hybridized carbons (Fsp3) is 0.364. The minimum absolute atomic E-state index is 0.0360. The van der Waals surface area contributed by atoms with E-state index in [1.807, 2.05) is 31.5 Å². The molecule has 0 aliphatic carbocycles. The molecule has 0 unspecified atom stereocenters. The first-order valence-electron chi connectivity index (χ1n) is 4.60. The SMILES string of the molecule is C=CCNC(=O)c1cc(C)n(C)c1C. The molecule has 0 aliphatic rings. The zero-order chi connectivity index (χ0) is 10.7. The number of carbonyl (C=O) groups excluding carboxylic acids is 1. The molecule has 1 N–H and O–H groups in total. The molecule has 0 fully saturated rings. The van der Waals surface area contributed by atoms with Crippen molar-refractivity contribution < 1.29 is 4.79 Å². The Hall–Kier alpha value is -1.51. The first kappa shape index (κ1) is 10.6. The maximum Gasteiger partial charge on any atom is 0.253 e. The third-order valence-electron chi connectivity index (χ3n) is 2.43. The van der Waals surface area contributed by atoms with Gasteiger partial charge in [0.1, 0.15) is 0 Å². The van der Waals surface area contributed by atoms with Gasteiger partial charge in [0.25, 0.3) is 5.91 Å². The van der Waals surface area contributed by atoms with Gasteiger partial charge in [-0.3, -0.25) is 4.79 Å². The highest BCUT2D eigenvalue weighted by Gasteiger charge is 2.12. The van der Waals surface area contributed by atoms with Crippen LogP contribution >= 0.6 is 0 Å². The summed E-state index contributed by atoms with van der Waals surface area (Å²) in [4.78, 5) is 11.6. The van der Waals surface area contributed by atoms with E-state index >= 15 is 0 Å². The molecule has 0 spiro atoms. The maximum atomic E-state index is 11.6. The monoisotopic (exact) mass is 192 g/mol. The minimum atomic E-state index is -0.0360. The van der Waals surface area contributed by atoms with E-state index < -0.39 is 0 Å². The summed E-state index contributed by atoms with van der Waals surface area (Å²) in [6.45, 7) is 7.98. The summed E-state index contributed by atoms with van der Waals surface area (Å²) >= 11 is 0. The van der Waals surface area contributed by atoms with Crippen molar-refractivity contribution in [2.45, 2.75) is 13.8 Å². The van der Waals surface area contributed by atoms with Crippen molar-refractivity contribution >= 4 is 5.91 Å². The average molecular weight is 192 g/mol. The fourth-order valence-corrected chi connectivity index (χ4v) is 1.35. The van der Waals surface area contributed by atoms with Gasteiger partial charge in [0, 0.05) is 25.0 Å². The zero-order valence-electron chi connectivity index (χ0n) is 8.92. The summed E-state index contributed by atoms with van der Waals surface area (Å²) in [5.41, 5.74) is 2.82. The molecule has 1 aromatic rings. The number of carbonyl (C=O) groups is 1. The Kier molecular flexibility index (Phi) is 3.12. The molecule has 0 saturated carbocycles. The average Bonchev–Trinajstić information content (AvgIpc) is 2.42. The third-order valence-corrected chi connectivity index (χ3v) is 2.43. The first-order valence-corrected chi connectivity index (χ1v) is 4.60. The van der Waals surface area contributed by atoms with Crippen molar-refractivity contribution in [1.82, 2.24) is 9.88 Å². The largest absolute Gasteiger partial charge is 0.351 e. The van der Waals surface area contributed by atoms with Crippen molar-refractivity contribution in [2.24, 2.45) is 7.05 Å². The highest BCUT2D eigenvalue weighted by Crippen LogP contribution is 2.12. The Morgan fingerprint density at radius 1 is 1.64 bits per heavy atom. The van der Waals surface area contributed by atoms with Gasteiger partial charge in [-0.1, -0.05) is 6.08 Å². The van der Waals surface area contributed by atoms with Gasteiger partial charge in [0.05, 0.1) is 5.56 Å². The van der Waals surface area contributed by atoms with Crippen molar-refractivity contribution in [1.29, 1.82) is 0 Å². The van der Waals surface area contributed by atoms with Crippen LogP contribution in [0.4, 0.5) is 0 Å². The van der Waals surface area contributed by atoms with Crippen LogP contribution in [0.25, 0.3) is 0 Å². The highest BCUT2D eigenvalue weighted by molar-refractivity contribution is 5.95. The topological polar surface area (TPSA) is 34.0 Å². The van der Waals surface area contributed by atoms with E-state index in [9.17, 15) is 4.79 Å². The molecule has 14 heavy (non-hydrogen) atoms. The molecule has 0 bridgehead atoms. The Balaban J connectivity index is 2.90. The number of rotatable bonds is 3. The lowest BCUT2D eigenvalue weighted by Gasteiger charge is -2.02. The molecule has 1 aromatic heterocycles. The van der Waals surface area contributed by atoms with Crippen LogP contribution in [0.2, 0.25) is 0 Å². The number of hydrogen-bond acceptors (Lipinski definition) is 1. The Labute approximate surface area is 84.4 Å². The minimum Gasteiger partial charge on any atom is -0.351 e. The summed E-state index contributed by atoms with van der Waals surface area (Å²) < 4.78 is 2.00. The molecule has 1 rings (SSSR count). The summed E-state index contributed by atoms with van der Waals surface area (Å²) in [5, 5.41) is 2.76. The van der Waals surface area contributed by atoms with E-state index in [4.69, 9.17) is 0 Å².